The number of carbonyl (C=O) groups excluding carboxylic acids is 1. The topological polar surface area (TPSA) is 60.9 Å². The second kappa shape index (κ2) is 9.48. The molecule has 0 saturated heterocycles. The van der Waals surface area contributed by atoms with Crippen LogP contribution in [0, 0.1) is 5.92 Å². The van der Waals surface area contributed by atoms with Crippen LogP contribution in [0.4, 0.5) is 0 Å². The lowest BCUT2D eigenvalue weighted by Gasteiger charge is -2.37. The van der Waals surface area contributed by atoms with Crippen LogP contribution in [0.3, 0.4) is 0 Å². The number of amides is 1. The first kappa shape index (κ1) is 20.2. The summed E-state index contributed by atoms with van der Waals surface area (Å²) in [5, 5.41) is 8.99. The molecule has 0 unspecified atom stereocenters. The van der Waals surface area contributed by atoms with E-state index >= 15 is 0 Å². The first-order chi connectivity index (χ1) is 10.5. The van der Waals surface area contributed by atoms with Crippen molar-refractivity contribution in [3.63, 3.8) is 0 Å². The Bertz CT molecular complexity index is 393. The summed E-state index contributed by atoms with van der Waals surface area (Å²) in [7, 11) is 0. The maximum Gasteiger partial charge on any atom is 0.317 e. The van der Waals surface area contributed by atoms with Crippen molar-refractivity contribution in [1.29, 1.82) is 0 Å². The average molecular weight is 347 g/mol. The highest BCUT2D eigenvalue weighted by molar-refractivity contribution is 5.85. The number of carboxylic acids is 1. The van der Waals surface area contributed by atoms with Crippen LogP contribution in [0.5, 0.6) is 0 Å². The average Bonchev–Trinajstić information content (AvgIpc) is 3.25. The Hall–Kier alpha value is -0.810. The number of rotatable bonds is 8. The van der Waals surface area contributed by atoms with Crippen molar-refractivity contribution >= 4 is 24.3 Å². The van der Waals surface area contributed by atoms with Crippen molar-refractivity contribution < 1.29 is 14.7 Å². The minimum atomic E-state index is -0.856. The van der Waals surface area contributed by atoms with Crippen LogP contribution < -0.4 is 0 Å². The summed E-state index contributed by atoms with van der Waals surface area (Å²) in [6, 6.07) is 0.795. The third-order valence-electron chi connectivity index (χ3n) is 4.86. The Morgan fingerprint density at radius 1 is 1.00 bits per heavy atom. The van der Waals surface area contributed by atoms with Crippen LogP contribution in [0.1, 0.15) is 58.8 Å². The largest absolute Gasteiger partial charge is 0.480 e. The Labute approximate surface area is 145 Å². The van der Waals surface area contributed by atoms with Gasteiger partial charge in [0.05, 0.1) is 13.1 Å². The zero-order valence-electron chi connectivity index (χ0n) is 14.4. The molecule has 23 heavy (non-hydrogen) atoms. The van der Waals surface area contributed by atoms with E-state index in [1.807, 2.05) is 6.92 Å². The number of hydrogen-bond donors (Lipinski definition) is 1. The maximum absolute atomic E-state index is 12.8. The van der Waals surface area contributed by atoms with Gasteiger partial charge >= 0.3 is 5.97 Å². The second-order valence-corrected chi connectivity index (χ2v) is 7.05. The summed E-state index contributed by atoms with van der Waals surface area (Å²) in [5.41, 5.74) is 0. The first-order valence-electron chi connectivity index (χ1n) is 8.76. The predicted molar refractivity (Wildman–Crippen MR) is 92.9 cm³/mol. The monoisotopic (exact) mass is 346 g/mol. The van der Waals surface area contributed by atoms with Crippen molar-refractivity contribution in [3.8, 4) is 0 Å². The molecule has 0 atom stereocenters. The number of carbonyl (C=O) groups is 2. The predicted octanol–water partition coefficient (Wildman–Crippen LogP) is 2.77. The van der Waals surface area contributed by atoms with E-state index in [1.54, 1.807) is 4.90 Å². The lowest BCUT2D eigenvalue weighted by molar-refractivity contribution is -0.140. The van der Waals surface area contributed by atoms with E-state index in [0.29, 0.717) is 18.6 Å². The molecule has 134 valence electrons. The molecule has 0 bridgehead atoms. The van der Waals surface area contributed by atoms with Gasteiger partial charge in [0.15, 0.2) is 0 Å². The van der Waals surface area contributed by atoms with Gasteiger partial charge in [-0.3, -0.25) is 14.5 Å². The fourth-order valence-electron chi connectivity index (χ4n) is 3.57. The molecule has 0 spiro atoms. The molecule has 0 radical (unpaired) electrons. The number of carboxylic acid groups (broad SMARTS) is 1. The SMILES string of the molecule is CCCN(CC(=O)O)CC(=O)N(C1CCC(C)CC1)C1CC1.Cl. The van der Waals surface area contributed by atoms with E-state index in [4.69, 9.17) is 5.11 Å². The van der Waals surface area contributed by atoms with Gasteiger partial charge in [-0.05, 0) is 57.4 Å². The molecule has 0 heterocycles. The summed E-state index contributed by atoms with van der Waals surface area (Å²) < 4.78 is 0. The maximum atomic E-state index is 12.8. The molecule has 2 aliphatic carbocycles. The third kappa shape index (κ3) is 6.30. The molecule has 6 heteroatoms. The van der Waals surface area contributed by atoms with Gasteiger partial charge in [-0.15, -0.1) is 12.4 Å². The molecule has 0 aliphatic heterocycles. The van der Waals surface area contributed by atoms with Crippen LogP contribution in [-0.4, -0.2) is 58.5 Å². The summed E-state index contributed by atoms with van der Waals surface area (Å²) in [6.45, 7) is 5.18. The summed E-state index contributed by atoms with van der Waals surface area (Å²) in [4.78, 5) is 27.6. The fraction of sp³-hybridized carbons (Fsp3) is 0.882. The van der Waals surface area contributed by atoms with E-state index in [2.05, 4.69) is 11.8 Å². The van der Waals surface area contributed by atoms with Gasteiger partial charge in [0.25, 0.3) is 0 Å². The highest BCUT2D eigenvalue weighted by atomic mass is 35.5. The van der Waals surface area contributed by atoms with Crippen LogP contribution in [-0.2, 0) is 9.59 Å². The van der Waals surface area contributed by atoms with E-state index in [-0.39, 0.29) is 31.4 Å². The van der Waals surface area contributed by atoms with Gasteiger partial charge in [0.1, 0.15) is 0 Å². The van der Waals surface area contributed by atoms with Crippen molar-refractivity contribution in [1.82, 2.24) is 9.80 Å². The van der Waals surface area contributed by atoms with Gasteiger partial charge in [0.2, 0.25) is 5.91 Å². The Morgan fingerprint density at radius 3 is 1.96 bits per heavy atom. The Morgan fingerprint density at radius 2 is 1.52 bits per heavy atom. The van der Waals surface area contributed by atoms with Gasteiger partial charge < -0.3 is 10.0 Å². The van der Waals surface area contributed by atoms with Crippen LogP contribution in [0.2, 0.25) is 0 Å². The molecule has 1 N–H and O–H groups in total. The molecule has 0 aromatic rings. The summed E-state index contributed by atoms with van der Waals surface area (Å²) in [6.07, 6.45) is 7.72. The highest BCUT2D eigenvalue weighted by Crippen LogP contribution is 2.35. The van der Waals surface area contributed by atoms with Crippen LogP contribution in [0.15, 0.2) is 0 Å². The van der Waals surface area contributed by atoms with E-state index in [1.165, 1.54) is 12.8 Å². The van der Waals surface area contributed by atoms with Crippen molar-refractivity contribution in [3.05, 3.63) is 0 Å². The van der Waals surface area contributed by atoms with E-state index in [9.17, 15) is 9.59 Å². The molecule has 1 amide bonds. The standard InChI is InChI=1S/C17H30N2O3.ClH/c1-3-10-18(12-17(21)22)11-16(20)19(15-8-9-15)14-6-4-13(2)5-7-14;/h13-15H,3-12H2,1-2H3,(H,21,22);1H. The Balaban J connectivity index is 0.00000264. The molecule has 0 aromatic heterocycles. The molecular weight excluding hydrogens is 316 g/mol. The lowest BCUT2D eigenvalue weighted by atomic mass is 9.86. The molecule has 2 aliphatic rings. The minimum Gasteiger partial charge on any atom is -0.480 e. The van der Waals surface area contributed by atoms with Gasteiger partial charge in [-0.2, -0.15) is 0 Å². The van der Waals surface area contributed by atoms with Crippen LogP contribution >= 0.6 is 12.4 Å². The second-order valence-electron chi connectivity index (χ2n) is 7.05. The Kier molecular flexibility index (Phi) is 8.34. The number of nitrogens with zero attached hydrogens (tertiary/aromatic N) is 2. The number of halogens is 1. The van der Waals surface area contributed by atoms with Crippen molar-refractivity contribution in [2.45, 2.75) is 70.9 Å². The minimum absolute atomic E-state index is 0. The molecule has 0 aromatic carbocycles. The molecule has 5 nitrogen and oxygen atoms in total. The molecule has 2 fully saturated rings. The van der Waals surface area contributed by atoms with Gasteiger partial charge in [0, 0.05) is 12.1 Å². The summed E-state index contributed by atoms with van der Waals surface area (Å²) in [5.74, 6) is 0.0541. The molecule has 2 rings (SSSR count). The smallest absolute Gasteiger partial charge is 0.317 e. The number of hydrogen-bond acceptors (Lipinski definition) is 3. The van der Waals surface area contributed by atoms with Crippen LogP contribution in [0.25, 0.3) is 0 Å². The third-order valence-corrected chi connectivity index (χ3v) is 4.86. The quantitative estimate of drug-likeness (QED) is 0.734. The van der Waals surface area contributed by atoms with Gasteiger partial charge in [-0.1, -0.05) is 13.8 Å². The molecule has 2 saturated carbocycles. The highest BCUT2D eigenvalue weighted by Gasteiger charge is 2.38. The number of aliphatic carboxylic acids is 1. The van der Waals surface area contributed by atoms with Crippen molar-refractivity contribution in [2.75, 3.05) is 19.6 Å². The normalized spacial score (nSPS) is 24.1. The zero-order valence-corrected chi connectivity index (χ0v) is 15.2. The van der Waals surface area contributed by atoms with Crippen molar-refractivity contribution in [2.24, 2.45) is 5.92 Å². The molecular formula is C17H31ClN2O3. The fourth-order valence-corrected chi connectivity index (χ4v) is 3.57. The van der Waals surface area contributed by atoms with E-state index in [0.717, 1.165) is 38.0 Å². The zero-order chi connectivity index (χ0) is 16.1. The summed E-state index contributed by atoms with van der Waals surface area (Å²) >= 11 is 0. The first-order valence-corrected chi connectivity index (χ1v) is 8.76. The van der Waals surface area contributed by atoms with E-state index < -0.39 is 5.97 Å². The lowest BCUT2D eigenvalue weighted by Crippen LogP contribution is -2.48. The van der Waals surface area contributed by atoms with Gasteiger partial charge in [-0.25, -0.2) is 0 Å².